The molecule has 1 saturated carbocycles. The Morgan fingerprint density at radius 2 is 1.95 bits per heavy atom. The summed E-state index contributed by atoms with van der Waals surface area (Å²) in [4.78, 5) is 25.2. The highest BCUT2D eigenvalue weighted by atomic mass is 16.5. The number of hydrogen-bond acceptors (Lipinski definition) is 4. The van der Waals surface area contributed by atoms with Crippen LogP contribution >= 0.6 is 0 Å². The molecule has 0 aliphatic heterocycles. The van der Waals surface area contributed by atoms with Gasteiger partial charge in [-0.3, -0.25) is 9.59 Å². The average molecular weight is 296 g/mol. The van der Waals surface area contributed by atoms with Crippen LogP contribution < -0.4 is 0 Å². The minimum atomic E-state index is -0.842. The first-order valence-electron chi connectivity index (χ1n) is 7.38. The van der Waals surface area contributed by atoms with E-state index in [-0.39, 0.29) is 25.2 Å². The van der Waals surface area contributed by atoms with Crippen molar-refractivity contribution in [3.05, 3.63) is 0 Å². The Kier molecular flexibility index (Phi) is 7.17. The van der Waals surface area contributed by atoms with E-state index in [1.54, 1.807) is 12.0 Å². The van der Waals surface area contributed by atoms with E-state index in [1.807, 2.05) is 6.07 Å². The fraction of sp³-hybridized carbons (Fsp3) is 0.800. The maximum absolute atomic E-state index is 12.5. The summed E-state index contributed by atoms with van der Waals surface area (Å²) < 4.78 is 4.99. The van der Waals surface area contributed by atoms with Crippen molar-refractivity contribution in [3.63, 3.8) is 0 Å². The van der Waals surface area contributed by atoms with Crippen LogP contribution in [0.4, 0.5) is 0 Å². The summed E-state index contributed by atoms with van der Waals surface area (Å²) in [7, 11) is 1.57. The molecule has 0 saturated heterocycles. The molecule has 1 aliphatic rings. The molecule has 0 aromatic heterocycles. The molecule has 1 rings (SSSR count). The van der Waals surface area contributed by atoms with E-state index >= 15 is 0 Å². The van der Waals surface area contributed by atoms with Gasteiger partial charge in [0, 0.05) is 26.6 Å². The van der Waals surface area contributed by atoms with Crippen molar-refractivity contribution in [3.8, 4) is 6.07 Å². The van der Waals surface area contributed by atoms with Crippen LogP contribution in [0.15, 0.2) is 0 Å². The molecule has 0 heterocycles. The van der Waals surface area contributed by atoms with Crippen LogP contribution in [0.5, 0.6) is 0 Å². The topological polar surface area (TPSA) is 90.6 Å². The van der Waals surface area contributed by atoms with Crippen LogP contribution in [0, 0.1) is 16.7 Å². The monoisotopic (exact) mass is 296 g/mol. The number of carboxylic acids is 1. The molecular formula is C15H24N2O4. The number of methoxy groups -OCH3 is 1. The van der Waals surface area contributed by atoms with Gasteiger partial charge in [-0.05, 0) is 18.3 Å². The lowest BCUT2D eigenvalue weighted by atomic mass is 9.79. The lowest BCUT2D eigenvalue weighted by Crippen LogP contribution is -2.38. The van der Waals surface area contributed by atoms with E-state index in [2.05, 4.69) is 0 Å². The Morgan fingerprint density at radius 3 is 2.48 bits per heavy atom. The highest BCUT2D eigenvalue weighted by molar-refractivity contribution is 5.78. The standard InChI is InChI=1S/C15H24N2O4/c1-21-10-9-17(8-4-7-16)13(18)11-15(12-14(19)20)5-2-3-6-15/h2-6,8-12H2,1H3,(H,19,20). The molecule has 0 aromatic rings. The molecule has 0 unspecified atom stereocenters. The van der Waals surface area contributed by atoms with Gasteiger partial charge >= 0.3 is 5.97 Å². The Morgan fingerprint density at radius 1 is 1.29 bits per heavy atom. The molecule has 6 nitrogen and oxygen atoms in total. The zero-order valence-corrected chi connectivity index (χ0v) is 12.6. The van der Waals surface area contributed by atoms with E-state index in [0.29, 0.717) is 19.7 Å². The van der Waals surface area contributed by atoms with Crippen LogP contribution in [0.25, 0.3) is 0 Å². The molecule has 1 aliphatic carbocycles. The molecule has 1 fully saturated rings. The summed E-state index contributed by atoms with van der Waals surface area (Å²) in [5, 5.41) is 17.8. The quantitative estimate of drug-likeness (QED) is 0.700. The van der Waals surface area contributed by atoms with E-state index < -0.39 is 11.4 Å². The highest BCUT2D eigenvalue weighted by Gasteiger charge is 2.38. The number of ether oxygens (including phenoxy) is 1. The van der Waals surface area contributed by atoms with E-state index in [4.69, 9.17) is 15.1 Å². The smallest absolute Gasteiger partial charge is 0.303 e. The van der Waals surface area contributed by atoms with Crippen molar-refractivity contribution in [2.45, 2.75) is 44.9 Å². The normalized spacial score (nSPS) is 16.4. The number of carboxylic acid groups (broad SMARTS) is 1. The van der Waals surface area contributed by atoms with Crippen LogP contribution in [0.1, 0.15) is 44.9 Å². The summed E-state index contributed by atoms with van der Waals surface area (Å²) in [6.45, 7) is 1.24. The zero-order chi connectivity index (χ0) is 15.7. The van der Waals surface area contributed by atoms with Gasteiger partial charge in [0.05, 0.1) is 25.5 Å². The third-order valence-corrected chi connectivity index (χ3v) is 4.13. The van der Waals surface area contributed by atoms with Gasteiger partial charge in [-0.25, -0.2) is 0 Å². The second kappa shape index (κ2) is 8.63. The Bertz CT molecular complexity index is 397. The molecule has 0 aromatic carbocycles. The summed E-state index contributed by atoms with van der Waals surface area (Å²) in [5.41, 5.74) is -0.402. The molecule has 0 radical (unpaired) electrons. The highest BCUT2D eigenvalue weighted by Crippen LogP contribution is 2.44. The molecule has 1 N–H and O–H groups in total. The first-order chi connectivity index (χ1) is 10.0. The Hall–Kier alpha value is -1.61. The van der Waals surface area contributed by atoms with Gasteiger partial charge in [0.25, 0.3) is 0 Å². The molecule has 0 spiro atoms. The predicted octanol–water partition coefficient (Wildman–Crippen LogP) is 1.80. The molecule has 0 atom stereocenters. The van der Waals surface area contributed by atoms with E-state index in [1.165, 1.54) is 0 Å². The minimum Gasteiger partial charge on any atom is -0.481 e. The van der Waals surface area contributed by atoms with Crippen molar-refractivity contribution in [1.29, 1.82) is 5.26 Å². The summed E-state index contributed by atoms with van der Waals surface area (Å²) in [6, 6.07) is 2.04. The summed E-state index contributed by atoms with van der Waals surface area (Å²) in [6.07, 6.45) is 4.14. The molecular weight excluding hydrogens is 272 g/mol. The van der Waals surface area contributed by atoms with Crippen LogP contribution in [0.2, 0.25) is 0 Å². The number of carbonyl (C=O) groups excluding carboxylic acids is 1. The van der Waals surface area contributed by atoms with Gasteiger partial charge in [0.15, 0.2) is 0 Å². The number of nitrogens with zero attached hydrogens (tertiary/aromatic N) is 2. The fourth-order valence-corrected chi connectivity index (χ4v) is 3.04. The SMILES string of the molecule is COCCN(CCC#N)C(=O)CC1(CC(=O)O)CCCC1. The molecule has 21 heavy (non-hydrogen) atoms. The zero-order valence-electron chi connectivity index (χ0n) is 12.6. The molecule has 1 amide bonds. The van der Waals surface area contributed by atoms with Crippen LogP contribution in [0.3, 0.4) is 0 Å². The third-order valence-electron chi connectivity index (χ3n) is 4.13. The van der Waals surface area contributed by atoms with Crippen molar-refractivity contribution in [2.75, 3.05) is 26.8 Å². The van der Waals surface area contributed by atoms with Gasteiger partial charge in [-0.15, -0.1) is 0 Å². The van der Waals surface area contributed by atoms with Crippen LogP contribution in [-0.2, 0) is 14.3 Å². The van der Waals surface area contributed by atoms with Crippen molar-refractivity contribution in [1.82, 2.24) is 4.90 Å². The molecule has 118 valence electrons. The number of rotatable bonds is 9. The van der Waals surface area contributed by atoms with Gasteiger partial charge < -0.3 is 14.7 Å². The minimum absolute atomic E-state index is 0.0507. The number of hydrogen-bond donors (Lipinski definition) is 1. The van der Waals surface area contributed by atoms with Gasteiger partial charge in [-0.2, -0.15) is 5.26 Å². The maximum atomic E-state index is 12.5. The lowest BCUT2D eigenvalue weighted by Gasteiger charge is -2.30. The van der Waals surface area contributed by atoms with Crippen molar-refractivity contribution < 1.29 is 19.4 Å². The summed E-state index contributed by atoms with van der Waals surface area (Å²) in [5.74, 6) is -0.907. The van der Waals surface area contributed by atoms with E-state index in [9.17, 15) is 9.59 Å². The number of aliphatic carboxylic acids is 1. The number of carbonyl (C=O) groups is 2. The molecule has 0 bridgehead atoms. The second-order valence-corrected chi connectivity index (χ2v) is 5.74. The van der Waals surface area contributed by atoms with Gasteiger partial charge in [-0.1, -0.05) is 12.8 Å². The summed E-state index contributed by atoms with van der Waals surface area (Å²) >= 11 is 0. The molecule has 6 heteroatoms. The Labute approximate surface area is 125 Å². The average Bonchev–Trinajstić information content (AvgIpc) is 2.86. The maximum Gasteiger partial charge on any atom is 0.303 e. The largest absolute Gasteiger partial charge is 0.481 e. The first-order valence-corrected chi connectivity index (χ1v) is 7.38. The number of amides is 1. The predicted molar refractivity (Wildman–Crippen MR) is 76.5 cm³/mol. The van der Waals surface area contributed by atoms with Gasteiger partial charge in [0.1, 0.15) is 0 Å². The number of nitriles is 1. The second-order valence-electron chi connectivity index (χ2n) is 5.74. The lowest BCUT2D eigenvalue weighted by molar-refractivity contribution is -0.141. The van der Waals surface area contributed by atoms with Gasteiger partial charge in [0.2, 0.25) is 5.91 Å². The first kappa shape index (κ1) is 17.4. The van der Waals surface area contributed by atoms with Crippen LogP contribution in [-0.4, -0.2) is 48.7 Å². The van der Waals surface area contributed by atoms with E-state index in [0.717, 1.165) is 25.7 Å². The van der Waals surface area contributed by atoms with Crippen molar-refractivity contribution >= 4 is 11.9 Å². The Balaban J connectivity index is 2.68. The van der Waals surface area contributed by atoms with Crippen molar-refractivity contribution in [2.24, 2.45) is 5.41 Å². The fourth-order valence-electron chi connectivity index (χ4n) is 3.04. The third kappa shape index (κ3) is 5.72.